The number of halogens is 2. The Kier molecular flexibility index (Phi) is 7.77. The molecule has 0 saturated carbocycles. The number of aromatic nitrogens is 1. The Balaban J connectivity index is 2.44. The van der Waals surface area contributed by atoms with E-state index in [1.54, 1.807) is 0 Å². The molecule has 23 heavy (non-hydrogen) atoms. The summed E-state index contributed by atoms with van der Waals surface area (Å²) in [6, 6.07) is 0.567. The first-order valence-electron chi connectivity index (χ1n) is 6.90. The molecule has 1 rings (SSSR count). The third-order valence-electron chi connectivity index (χ3n) is 2.69. The highest BCUT2D eigenvalue weighted by molar-refractivity contribution is 6.41. The molecular weight excluding hydrogens is 345 g/mol. The lowest BCUT2D eigenvalue weighted by Gasteiger charge is -2.13. The van der Waals surface area contributed by atoms with Crippen molar-refractivity contribution >= 4 is 41.0 Å². The summed E-state index contributed by atoms with van der Waals surface area (Å²) >= 11 is 11.4. The molecule has 0 spiro atoms. The molecule has 0 aliphatic carbocycles. The van der Waals surface area contributed by atoms with Crippen LogP contribution in [0.4, 0.5) is 0 Å². The maximum atomic E-state index is 11.8. The van der Waals surface area contributed by atoms with Crippen molar-refractivity contribution < 1.29 is 19.1 Å². The standard InChI is InChI=1S/C14H17Cl2N3O4/c1-3-4-17-13(21)8(2)19-11(20)7-23-14(22)9-5-10(15)12(16)18-6-9/h5-6,8H,3-4,7H2,1-2H3,(H,17,21)(H,19,20)/t8-/m1/s1. The van der Waals surface area contributed by atoms with Gasteiger partial charge in [-0.3, -0.25) is 9.59 Å². The molecule has 0 unspecified atom stereocenters. The molecule has 1 aromatic rings. The van der Waals surface area contributed by atoms with Crippen molar-refractivity contribution in [3.8, 4) is 0 Å². The van der Waals surface area contributed by atoms with E-state index >= 15 is 0 Å². The van der Waals surface area contributed by atoms with E-state index in [4.69, 9.17) is 27.9 Å². The molecule has 0 bridgehead atoms. The van der Waals surface area contributed by atoms with Crippen molar-refractivity contribution in [2.75, 3.05) is 13.2 Å². The molecule has 1 atom stereocenters. The number of amides is 2. The number of nitrogens with one attached hydrogen (secondary N) is 2. The highest BCUT2D eigenvalue weighted by Crippen LogP contribution is 2.19. The number of hydrogen-bond donors (Lipinski definition) is 2. The van der Waals surface area contributed by atoms with Crippen LogP contribution in [0.25, 0.3) is 0 Å². The summed E-state index contributed by atoms with van der Waals surface area (Å²) in [4.78, 5) is 38.7. The fourth-order valence-corrected chi connectivity index (χ4v) is 1.77. The topological polar surface area (TPSA) is 97.4 Å². The number of carbonyl (C=O) groups is 3. The van der Waals surface area contributed by atoms with E-state index in [-0.39, 0.29) is 21.6 Å². The van der Waals surface area contributed by atoms with Gasteiger partial charge in [0.1, 0.15) is 11.2 Å². The fourth-order valence-electron chi connectivity index (χ4n) is 1.50. The first-order valence-corrected chi connectivity index (χ1v) is 7.66. The number of ether oxygens (including phenoxy) is 1. The lowest BCUT2D eigenvalue weighted by atomic mass is 10.3. The van der Waals surface area contributed by atoms with Crippen LogP contribution < -0.4 is 10.6 Å². The monoisotopic (exact) mass is 361 g/mol. The van der Waals surface area contributed by atoms with E-state index in [2.05, 4.69) is 15.6 Å². The second kappa shape index (κ2) is 9.32. The van der Waals surface area contributed by atoms with Gasteiger partial charge in [-0.1, -0.05) is 30.1 Å². The van der Waals surface area contributed by atoms with Crippen molar-refractivity contribution in [2.24, 2.45) is 0 Å². The number of pyridine rings is 1. The van der Waals surface area contributed by atoms with Gasteiger partial charge in [0, 0.05) is 12.7 Å². The van der Waals surface area contributed by atoms with Crippen LogP contribution in [0.1, 0.15) is 30.6 Å². The smallest absolute Gasteiger partial charge is 0.340 e. The molecular formula is C14H17Cl2N3O4. The third kappa shape index (κ3) is 6.42. The number of rotatable bonds is 7. The summed E-state index contributed by atoms with van der Waals surface area (Å²) in [6.45, 7) is 3.46. The van der Waals surface area contributed by atoms with E-state index in [1.165, 1.54) is 19.2 Å². The second-order valence-electron chi connectivity index (χ2n) is 4.65. The number of hydrogen-bond acceptors (Lipinski definition) is 5. The molecule has 7 nitrogen and oxygen atoms in total. The molecule has 0 fully saturated rings. The summed E-state index contributed by atoms with van der Waals surface area (Å²) in [7, 11) is 0. The van der Waals surface area contributed by atoms with Crippen LogP contribution in [0.3, 0.4) is 0 Å². The minimum Gasteiger partial charge on any atom is -0.452 e. The Morgan fingerprint density at radius 2 is 2.04 bits per heavy atom. The van der Waals surface area contributed by atoms with Crippen LogP contribution in [-0.4, -0.2) is 42.0 Å². The van der Waals surface area contributed by atoms with Gasteiger partial charge in [0.15, 0.2) is 6.61 Å². The van der Waals surface area contributed by atoms with Gasteiger partial charge in [0.2, 0.25) is 5.91 Å². The first kappa shape index (κ1) is 19.2. The van der Waals surface area contributed by atoms with E-state index in [0.29, 0.717) is 6.54 Å². The van der Waals surface area contributed by atoms with E-state index in [9.17, 15) is 14.4 Å². The lowest BCUT2D eigenvalue weighted by molar-refractivity contribution is -0.130. The predicted molar refractivity (Wildman–Crippen MR) is 85.4 cm³/mol. The normalized spacial score (nSPS) is 11.5. The Morgan fingerprint density at radius 1 is 1.35 bits per heavy atom. The van der Waals surface area contributed by atoms with Gasteiger partial charge in [-0.15, -0.1) is 0 Å². The molecule has 2 N–H and O–H groups in total. The van der Waals surface area contributed by atoms with Gasteiger partial charge in [0.05, 0.1) is 10.6 Å². The number of carbonyl (C=O) groups excluding carboxylic acids is 3. The summed E-state index contributed by atoms with van der Waals surface area (Å²) in [6.07, 6.45) is 1.98. The Labute approximate surface area is 143 Å². The quantitative estimate of drug-likeness (QED) is 0.567. The molecule has 0 saturated heterocycles. The maximum absolute atomic E-state index is 11.8. The second-order valence-corrected chi connectivity index (χ2v) is 5.42. The molecule has 1 heterocycles. The minimum atomic E-state index is -0.769. The molecule has 0 radical (unpaired) electrons. The van der Waals surface area contributed by atoms with Crippen molar-refractivity contribution in [1.29, 1.82) is 0 Å². The molecule has 0 aliphatic heterocycles. The van der Waals surface area contributed by atoms with Gasteiger partial charge >= 0.3 is 5.97 Å². The summed E-state index contributed by atoms with van der Waals surface area (Å²) in [5.74, 6) is -1.67. The van der Waals surface area contributed by atoms with Gasteiger partial charge in [-0.2, -0.15) is 0 Å². The summed E-state index contributed by atoms with van der Waals surface area (Å²) < 4.78 is 4.82. The van der Waals surface area contributed by atoms with Crippen molar-refractivity contribution in [3.05, 3.63) is 28.0 Å². The van der Waals surface area contributed by atoms with Crippen LogP contribution in [-0.2, 0) is 14.3 Å². The number of nitrogens with zero attached hydrogens (tertiary/aromatic N) is 1. The molecule has 0 aliphatic rings. The predicted octanol–water partition coefficient (Wildman–Crippen LogP) is 1.58. The fraction of sp³-hybridized carbons (Fsp3) is 0.429. The van der Waals surface area contributed by atoms with Gasteiger partial charge in [-0.25, -0.2) is 9.78 Å². The van der Waals surface area contributed by atoms with Gasteiger partial charge in [-0.05, 0) is 19.4 Å². The average molecular weight is 362 g/mol. The summed E-state index contributed by atoms with van der Waals surface area (Å²) in [5, 5.41) is 5.23. The van der Waals surface area contributed by atoms with Gasteiger partial charge < -0.3 is 15.4 Å². The maximum Gasteiger partial charge on any atom is 0.340 e. The van der Waals surface area contributed by atoms with Crippen LogP contribution in [0.5, 0.6) is 0 Å². The molecule has 126 valence electrons. The van der Waals surface area contributed by atoms with Crippen molar-refractivity contribution in [1.82, 2.24) is 15.6 Å². The Hall–Kier alpha value is -1.86. The zero-order chi connectivity index (χ0) is 17.4. The van der Waals surface area contributed by atoms with Gasteiger partial charge in [0.25, 0.3) is 5.91 Å². The zero-order valence-corrected chi connectivity index (χ0v) is 14.2. The van der Waals surface area contributed by atoms with E-state index in [1.807, 2.05) is 6.92 Å². The highest BCUT2D eigenvalue weighted by Gasteiger charge is 2.17. The third-order valence-corrected chi connectivity index (χ3v) is 3.37. The summed E-state index contributed by atoms with van der Waals surface area (Å²) in [5.41, 5.74) is 0.0703. The van der Waals surface area contributed by atoms with E-state index < -0.39 is 24.5 Å². The van der Waals surface area contributed by atoms with Crippen LogP contribution in [0.15, 0.2) is 12.3 Å². The molecule has 0 aromatic carbocycles. The number of esters is 1. The zero-order valence-electron chi connectivity index (χ0n) is 12.7. The Bertz CT molecular complexity index is 595. The first-order chi connectivity index (χ1) is 10.8. The van der Waals surface area contributed by atoms with Crippen LogP contribution in [0, 0.1) is 0 Å². The minimum absolute atomic E-state index is 0.0628. The van der Waals surface area contributed by atoms with E-state index in [0.717, 1.165) is 6.42 Å². The molecule has 1 aromatic heterocycles. The average Bonchev–Trinajstić information content (AvgIpc) is 2.52. The highest BCUT2D eigenvalue weighted by atomic mass is 35.5. The molecule has 2 amide bonds. The van der Waals surface area contributed by atoms with Crippen molar-refractivity contribution in [2.45, 2.75) is 26.3 Å². The SMILES string of the molecule is CCCNC(=O)[C@@H](C)NC(=O)COC(=O)c1cnc(Cl)c(Cl)c1. The molecule has 9 heteroatoms. The Morgan fingerprint density at radius 3 is 2.65 bits per heavy atom. The van der Waals surface area contributed by atoms with Crippen LogP contribution >= 0.6 is 23.2 Å². The van der Waals surface area contributed by atoms with Crippen molar-refractivity contribution in [3.63, 3.8) is 0 Å². The largest absolute Gasteiger partial charge is 0.452 e. The lowest BCUT2D eigenvalue weighted by Crippen LogP contribution is -2.46. The van der Waals surface area contributed by atoms with Crippen LogP contribution in [0.2, 0.25) is 10.2 Å².